The Hall–Kier alpha value is -2.39. The minimum absolute atomic E-state index is 0.905. The second-order valence-electron chi connectivity index (χ2n) is 5.30. The van der Waals surface area contributed by atoms with Crippen LogP contribution >= 0.6 is 11.8 Å². The fourth-order valence-electron chi connectivity index (χ4n) is 2.18. The smallest absolute Gasteiger partial charge is 0.0841 e. The van der Waals surface area contributed by atoms with Crippen molar-refractivity contribution in [1.29, 1.82) is 0 Å². The van der Waals surface area contributed by atoms with Crippen LogP contribution in [-0.4, -0.2) is 10.7 Å². The molecule has 0 saturated heterocycles. The Bertz CT molecular complexity index is 810. The summed E-state index contributed by atoms with van der Waals surface area (Å²) in [6.07, 6.45) is 1.79. The topological polar surface area (TPSA) is 25.2 Å². The van der Waals surface area contributed by atoms with Crippen molar-refractivity contribution in [2.24, 2.45) is 4.99 Å². The van der Waals surface area contributed by atoms with E-state index in [0.717, 1.165) is 22.0 Å². The van der Waals surface area contributed by atoms with E-state index in [1.807, 2.05) is 84.9 Å². The zero-order valence-electron chi connectivity index (χ0n) is 19.2. The summed E-state index contributed by atoms with van der Waals surface area (Å²) in [6, 6.07) is 22.6. The molecule has 0 bridgehead atoms. The fraction of sp³-hybridized carbons (Fsp3) is 0.308. The van der Waals surface area contributed by atoms with Crippen molar-refractivity contribution in [3.63, 3.8) is 0 Å². The number of aryl methyl sites for hydroxylation is 1. The van der Waals surface area contributed by atoms with Gasteiger partial charge in [-0.3, -0.25) is 9.98 Å². The molecule has 3 rings (SSSR count). The van der Waals surface area contributed by atoms with Crippen LogP contribution < -0.4 is 0 Å². The highest BCUT2D eigenvalue weighted by Crippen LogP contribution is 2.35. The number of hydrogen-bond acceptors (Lipinski definition) is 3. The largest absolute Gasteiger partial charge is 0.255 e. The first kappa shape index (κ1) is 26.6. The zero-order valence-corrected chi connectivity index (χ0v) is 20.0. The Morgan fingerprint density at radius 3 is 1.93 bits per heavy atom. The molecular weight excluding hydrogens is 372 g/mol. The number of benzene rings is 2. The second kappa shape index (κ2) is 16.6. The van der Waals surface area contributed by atoms with E-state index in [0.29, 0.717) is 0 Å². The van der Waals surface area contributed by atoms with Gasteiger partial charge in [0.15, 0.2) is 0 Å². The molecule has 0 spiro atoms. The molecule has 0 radical (unpaired) electrons. The van der Waals surface area contributed by atoms with Gasteiger partial charge in [-0.15, -0.1) is 0 Å². The second-order valence-corrected chi connectivity index (χ2v) is 6.41. The van der Waals surface area contributed by atoms with Crippen molar-refractivity contribution in [2.75, 3.05) is 0 Å². The number of hydrogen-bond donors (Lipinski definition) is 0. The molecule has 0 unspecified atom stereocenters. The third-order valence-electron chi connectivity index (χ3n) is 3.44. The minimum atomic E-state index is 0.905. The van der Waals surface area contributed by atoms with Gasteiger partial charge in [0.1, 0.15) is 0 Å². The Morgan fingerprint density at radius 1 is 0.759 bits per heavy atom. The average Bonchev–Trinajstić information content (AvgIpc) is 2.81. The highest BCUT2D eigenvalue weighted by Gasteiger charge is 2.05. The van der Waals surface area contributed by atoms with Crippen LogP contribution in [0, 0.1) is 6.92 Å². The van der Waals surface area contributed by atoms with Crippen LogP contribution in [0.5, 0.6) is 0 Å². The van der Waals surface area contributed by atoms with Gasteiger partial charge in [0, 0.05) is 16.0 Å². The SMILES string of the molecule is CC.CC.CC.CC(=Nc1ccccc1Sc1ccc(C)cc1)c1ccccn1. The molecule has 156 valence electrons. The van der Waals surface area contributed by atoms with Gasteiger partial charge in [-0.25, -0.2) is 0 Å². The lowest BCUT2D eigenvalue weighted by Gasteiger charge is -2.07. The van der Waals surface area contributed by atoms with Crippen molar-refractivity contribution in [3.8, 4) is 0 Å². The summed E-state index contributed by atoms with van der Waals surface area (Å²) < 4.78 is 0. The molecule has 2 nitrogen and oxygen atoms in total. The lowest BCUT2D eigenvalue weighted by Crippen LogP contribution is -1.96. The third kappa shape index (κ3) is 9.58. The van der Waals surface area contributed by atoms with E-state index in [1.54, 1.807) is 18.0 Å². The predicted molar refractivity (Wildman–Crippen MR) is 132 cm³/mol. The van der Waals surface area contributed by atoms with Gasteiger partial charge in [0.05, 0.1) is 17.1 Å². The van der Waals surface area contributed by atoms with Crippen LogP contribution in [0.4, 0.5) is 5.69 Å². The molecule has 0 aliphatic heterocycles. The van der Waals surface area contributed by atoms with Crippen molar-refractivity contribution in [3.05, 3.63) is 84.2 Å². The van der Waals surface area contributed by atoms with Gasteiger partial charge in [-0.05, 0) is 50.2 Å². The highest BCUT2D eigenvalue weighted by molar-refractivity contribution is 7.99. The molecule has 3 aromatic rings. The molecule has 29 heavy (non-hydrogen) atoms. The third-order valence-corrected chi connectivity index (χ3v) is 4.51. The molecule has 1 heterocycles. The highest BCUT2D eigenvalue weighted by atomic mass is 32.2. The predicted octanol–water partition coefficient (Wildman–Crippen LogP) is 8.76. The summed E-state index contributed by atoms with van der Waals surface area (Å²) in [7, 11) is 0. The zero-order chi connectivity index (χ0) is 22.1. The molecular formula is C26H36N2S. The molecule has 0 atom stereocenters. The monoisotopic (exact) mass is 408 g/mol. The van der Waals surface area contributed by atoms with Gasteiger partial charge >= 0.3 is 0 Å². The van der Waals surface area contributed by atoms with Crippen LogP contribution in [0.3, 0.4) is 0 Å². The van der Waals surface area contributed by atoms with E-state index in [-0.39, 0.29) is 0 Å². The van der Waals surface area contributed by atoms with Crippen LogP contribution in [0.15, 0.2) is 87.7 Å². The number of pyridine rings is 1. The standard InChI is InChI=1S/C20H18N2S.3C2H6/c1-15-10-12-17(13-11-15)23-20-9-4-3-8-19(20)22-16(2)18-7-5-6-14-21-18;3*1-2/h3-14H,1-2H3;3*1-2H3. The number of para-hydroxylation sites is 1. The summed E-state index contributed by atoms with van der Waals surface area (Å²) in [4.78, 5) is 11.5. The number of rotatable bonds is 4. The van der Waals surface area contributed by atoms with Crippen LogP contribution in [0.1, 0.15) is 59.7 Å². The van der Waals surface area contributed by atoms with E-state index in [2.05, 4.69) is 42.2 Å². The Labute approximate surface area is 182 Å². The first-order valence-corrected chi connectivity index (χ1v) is 11.3. The minimum Gasteiger partial charge on any atom is -0.255 e. The molecule has 1 aromatic heterocycles. The molecule has 2 aromatic carbocycles. The van der Waals surface area contributed by atoms with E-state index >= 15 is 0 Å². The van der Waals surface area contributed by atoms with Crippen LogP contribution in [0.25, 0.3) is 0 Å². The molecule has 0 N–H and O–H groups in total. The van der Waals surface area contributed by atoms with Crippen LogP contribution in [0.2, 0.25) is 0 Å². The Morgan fingerprint density at radius 2 is 1.34 bits per heavy atom. The first-order chi connectivity index (χ1) is 14.2. The quantitative estimate of drug-likeness (QED) is 0.403. The van der Waals surface area contributed by atoms with Gasteiger partial charge in [-0.2, -0.15) is 0 Å². The molecule has 0 fully saturated rings. The number of aromatic nitrogens is 1. The van der Waals surface area contributed by atoms with Gasteiger partial charge < -0.3 is 0 Å². The first-order valence-electron chi connectivity index (χ1n) is 10.5. The van der Waals surface area contributed by atoms with Gasteiger partial charge in [0.2, 0.25) is 0 Å². The fourth-order valence-corrected chi connectivity index (χ4v) is 3.07. The van der Waals surface area contributed by atoms with Crippen molar-refractivity contribution in [2.45, 2.75) is 65.2 Å². The average molecular weight is 409 g/mol. The van der Waals surface area contributed by atoms with Crippen molar-refractivity contribution >= 4 is 23.2 Å². The Kier molecular flexibility index (Phi) is 15.2. The molecule has 3 heteroatoms. The maximum atomic E-state index is 4.78. The van der Waals surface area contributed by atoms with E-state index in [9.17, 15) is 0 Å². The molecule has 0 aliphatic carbocycles. The van der Waals surface area contributed by atoms with Crippen molar-refractivity contribution < 1.29 is 0 Å². The maximum Gasteiger partial charge on any atom is 0.0841 e. The van der Waals surface area contributed by atoms with E-state index in [1.165, 1.54) is 10.5 Å². The lowest BCUT2D eigenvalue weighted by molar-refractivity contribution is 1.27. The summed E-state index contributed by atoms with van der Waals surface area (Å²) in [6.45, 7) is 16.1. The van der Waals surface area contributed by atoms with Crippen molar-refractivity contribution in [1.82, 2.24) is 4.98 Å². The Balaban J connectivity index is 0.00000120. The molecule has 0 saturated carbocycles. The van der Waals surface area contributed by atoms with E-state index in [4.69, 9.17) is 4.99 Å². The summed E-state index contributed by atoms with van der Waals surface area (Å²) in [5.41, 5.74) is 4.07. The maximum absolute atomic E-state index is 4.78. The summed E-state index contributed by atoms with van der Waals surface area (Å²) in [5, 5.41) is 0. The number of aliphatic imine (C=N–C) groups is 1. The summed E-state index contributed by atoms with van der Waals surface area (Å²) >= 11 is 1.73. The molecule has 0 aliphatic rings. The normalized spacial score (nSPS) is 9.72. The van der Waals surface area contributed by atoms with Crippen LogP contribution in [-0.2, 0) is 0 Å². The lowest BCUT2D eigenvalue weighted by atomic mass is 10.2. The summed E-state index contributed by atoms with van der Waals surface area (Å²) in [5.74, 6) is 0. The molecule has 0 amide bonds. The van der Waals surface area contributed by atoms with E-state index < -0.39 is 0 Å². The number of nitrogens with zero attached hydrogens (tertiary/aromatic N) is 2. The van der Waals surface area contributed by atoms with Gasteiger partial charge in [0.25, 0.3) is 0 Å². The van der Waals surface area contributed by atoms with Gasteiger partial charge in [-0.1, -0.05) is 89.2 Å².